The number of carbonyl (C=O) groups excluding carboxylic acids is 1. The van der Waals surface area contributed by atoms with Crippen LogP contribution < -0.4 is 11.1 Å². The number of nitrogens with two attached hydrogens (primary N) is 1. The second-order valence-electron chi connectivity index (χ2n) is 4.45. The van der Waals surface area contributed by atoms with Crippen molar-refractivity contribution in [3.05, 3.63) is 58.6 Å². The Balaban J connectivity index is 2.12. The van der Waals surface area contributed by atoms with Crippen LogP contribution in [0.15, 0.2) is 42.5 Å². The van der Waals surface area contributed by atoms with Crippen molar-refractivity contribution in [3.63, 3.8) is 0 Å². The van der Waals surface area contributed by atoms with E-state index in [1.165, 1.54) is 6.07 Å². The highest BCUT2D eigenvalue weighted by atomic mass is 35.5. The van der Waals surface area contributed by atoms with Gasteiger partial charge in [0.15, 0.2) is 0 Å². The Labute approximate surface area is 126 Å². The molecule has 0 aromatic heterocycles. The van der Waals surface area contributed by atoms with Crippen LogP contribution in [0, 0.1) is 0 Å². The fourth-order valence-corrected chi connectivity index (χ4v) is 1.98. The Morgan fingerprint density at radius 3 is 2.43 bits per heavy atom. The standard InChI is InChI=1S/C15H13ClN2O3/c16-10-3-6-13(17)12(8-10)15(21)18-11-4-1-9(2-5-11)7-14(19)20/h1-6,8H,7,17H2,(H,18,21)(H,19,20). The number of aliphatic carboxylic acids is 1. The summed E-state index contributed by atoms with van der Waals surface area (Å²) >= 11 is 5.84. The van der Waals surface area contributed by atoms with Gasteiger partial charge in [0, 0.05) is 16.4 Å². The lowest BCUT2D eigenvalue weighted by Gasteiger charge is -2.08. The summed E-state index contributed by atoms with van der Waals surface area (Å²) in [5, 5.41) is 11.8. The molecular weight excluding hydrogens is 292 g/mol. The number of nitrogen functional groups attached to an aromatic ring is 1. The van der Waals surface area contributed by atoms with E-state index >= 15 is 0 Å². The Hall–Kier alpha value is -2.53. The van der Waals surface area contributed by atoms with E-state index < -0.39 is 5.97 Å². The minimum absolute atomic E-state index is 0.0601. The summed E-state index contributed by atoms with van der Waals surface area (Å²) < 4.78 is 0. The molecule has 5 nitrogen and oxygen atoms in total. The van der Waals surface area contributed by atoms with Gasteiger partial charge in [0.05, 0.1) is 12.0 Å². The van der Waals surface area contributed by atoms with Crippen LogP contribution in [-0.2, 0) is 11.2 Å². The number of carboxylic acid groups (broad SMARTS) is 1. The van der Waals surface area contributed by atoms with Gasteiger partial charge in [-0.1, -0.05) is 23.7 Å². The third kappa shape index (κ3) is 3.97. The number of nitrogens with one attached hydrogen (secondary N) is 1. The van der Waals surface area contributed by atoms with E-state index in [9.17, 15) is 9.59 Å². The molecule has 0 aliphatic heterocycles. The van der Waals surface area contributed by atoms with E-state index in [4.69, 9.17) is 22.4 Å². The van der Waals surface area contributed by atoms with Gasteiger partial charge in [-0.25, -0.2) is 0 Å². The van der Waals surface area contributed by atoms with Gasteiger partial charge in [-0.2, -0.15) is 0 Å². The maximum atomic E-state index is 12.1. The molecule has 0 heterocycles. The highest BCUT2D eigenvalue weighted by Crippen LogP contribution is 2.19. The topological polar surface area (TPSA) is 92.4 Å². The van der Waals surface area contributed by atoms with Gasteiger partial charge < -0.3 is 16.2 Å². The van der Waals surface area contributed by atoms with Crippen LogP contribution in [0.3, 0.4) is 0 Å². The van der Waals surface area contributed by atoms with Crippen molar-refractivity contribution in [2.24, 2.45) is 0 Å². The predicted octanol–water partition coefficient (Wildman–Crippen LogP) is 2.80. The van der Waals surface area contributed by atoms with Crippen molar-refractivity contribution in [2.75, 3.05) is 11.1 Å². The van der Waals surface area contributed by atoms with Gasteiger partial charge >= 0.3 is 5.97 Å². The molecule has 0 saturated carbocycles. The largest absolute Gasteiger partial charge is 0.481 e. The molecule has 0 aliphatic carbocycles. The SMILES string of the molecule is Nc1ccc(Cl)cc1C(=O)Nc1ccc(CC(=O)O)cc1. The Kier molecular flexibility index (Phi) is 4.45. The molecule has 0 bridgehead atoms. The molecule has 6 heteroatoms. The van der Waals surface area contributed by atoms with Crippen molar-refractivity contribution in [3.8, 4) is 0 Å². The maximum absolute atomic E-state index is 12.1. The number of amides is 1. The van der Waals surface area contributed by atoms with Crippen LogP contribution in [0.4, 0.5) is 11.4 Å². The molecule has 21 heavy (non-hydrogen) atoms. The van der Waals surface area contributed by atoms with Gasteiger partial charge in [-0.15, -0.1) is 0 Å². The molecule has 0 fully saturated rings. The normalized spacial score (nSPS) is 10.1. The molecule has 0 unspecified atom stereocenters. The van der Waals surface area contributed by atoms with Crippen molar-refractivity contribution >= 4 is 34.9 Å². The van der Waals surface area contributed by atoms with E-state index in [0.717, 1.165) is 0 Å². The number of halogens is 1. The fraction of sp³-hybridized carbons (Fsp3) is 0.0667. The monoisotopic (exact) mass is 304 g/mol. The van der Waals surface area contributed by atoms with Crippen molar-refractivity contribution in [1.29, 1.82) is 0 Å². The predicted molar refractivity (Wildman–Crippen MR) is 81.6 cm³/mol. The number of carbonyl (C=O) groups is 2. The zero-order chi connectivity index (χ0) is 15.4. The quantitative estimate of drug-likeness (QED) is 0.757. The van der Waals surface area contributed by atoms with Crippen LogP contribution in [0.1, 0.15) is 15.9 Å². The fourth-order valence-electron chi connectivity index (χ4n) is 1.80. The summed E-state index contributed by atoms with van der Waals surface area (Å²) in [5.74, 6) is -1.28. The van der Waals surface area contributed by atoms with Crippen LogP contribution in [-0.4, -0.2) is 17.0 Å². The first-order chi connectivity index (χ1) is 9.95. The van der Waals surface area contributed by atoms with Crippen LogP contribution in [0.5, 0.6) is 0 Å². The minimum Gasteiger partial charge on any atom is -0.481 e. The van der Waals surface area contributed by atoms with Gasteiger partial charge in [0.25, 0.3) is 5.91 Å². The third-order valence-corrected chi connectivity index (χ3v) is 3.06. The van der Waals surface area contributed by atoms with E-state index in [1.54, 1.807) is 36.4 Å². The Bertz CT molecular complexity index is 684. The summed E-state index contributed by atoms with van der Waals surface area (Å²) in [5.41, 5.74) is 7.56. The number of anilines is 2. The number of benzene rings is 2. The molecule has 0 saturated heterocycles. The number of rotatable bonds is 4. The third-order valence-electron chi connectivity index (χ3n) is 2.83. The summed E-state index contributed by atoms with van der Waals surface area (Å²) in [6, 6.07) is 11.2. The van der Waals surface area contributed by atoms with E-state index in [-0.39, 0.29) is 17.9 Å². The molecule has 4 N–H and O–H groups in total. The zero-order valence-corrected chi connectivity index (χ0v) is 11.7. The molecule has 0 spiro atoms. The van der Waals surface area contributed by atoms with Gasteiger partial charge in [0.2, 0.25) is 0 Å². The Morgan fingerprint density at radius 1 is 1.14 bits per heavy atom. The van der Waals surface area contributed by atoms with Gasteiger partial charge in [-0.3, -0.25) is 9.59 Å². The van der Waals surface area contributed by atoms with Gasteiger partial charge in [-0.05, 0) is 35.9 Å². The van der Waals surface area contributed by atoms with E-state index in [1.807, 2.05) is 0 Å². The van der Waals surface area contributed by atoms with Crippen LogP contribution >= 0.6 is 11.6 Å². The summed E-state index contributed by atoms with van der Waals surface area (Å²) in [4.78, 5) is 22.7. The highest BCUT2D eigenvalue weighted by Gasteiger charge is 2.11. The smallest absolute Gasteiger partial charge is 0.307 e. The lowest BCUT2D eigenvalue weighted by atomic mass is 10.1. The van der Waals surface area contributed by atoms with Crippen molar-refractivity contribution < 1.29 is 14.7 Å². The summed E-state index contributed by atoms with van der Waals surface area (Å²) in [6.45, 7) is 0. The first kappa shape index (κ1) is 14.9. The number of hydrogen-bond acceptors (Lipinski definition) is 3. The van der Waals surface area contributed by atoms with E-state index in [0.29, 0.717) is 22.0 Å². The molecule has 0 aliphatic rings. The first-order valence-electron chi connectivity index (χ1n) is 6.13. The van der Waals surface area contributed by atoms with Crippen molar-refractivity contribution in [2.45, 2.75) is 6.42 Å². The number of carboxylic acids is 1. The Morgan fingerprint density at radius 2 is 1.81 bits per heavy atom. The zero-order valence-electron chi connectivity index (χ0n) is 11.0. The molecule has 1 amide bonds. The molecule has 2 aromatic rings. The lowest BCUT2D eigenvalue weighted by molar-refractivity contribution is -0.136. The highest BCUT2D eigenvalue weighted by molar-refractivity contribution is 6.31. The van der Waals surface area contributed by atoms with Crippen LogP contribution in [0.2, 0.25) is 5.02 Å². The minimum atomic E-state index is -0.904. The maximum Gasteiger partial charge on any atom is 0.307 e. The summed E-state index contributed by atoms with van der Waals surface area (Å²) in [7, 11) is 0. The summed E-state index contributed by atoms with van der Waals surface area (Å²) in [6.07, 6.45) is -0.0601. The average Bonchev–Trinajstić information content (AvgIpc) is 2.43. The van der Waals surface area contributed by atoms with Crippen LogP contribution in [0.25, 0.3) is 0 Å². The van der Waals surface area contributed by atoms with Crippen molar-refractivity contribution in [1.82, 2.24) is 0 Å². The molecule has 108 valence electrons. The van der Waals surface area contributed by atoms with E-state index in [2.05, 4.69) is 5.32 Å². The second-order valence-corrected chi connectivity index (χ2v) is 4.89. The average molecular weight is 305 g/mol. The molecular formula is C15H13ClN2O3. The molecule has 0 atom stereocenters. The first-order valence-corrected chi connectivity index (χ1v) is 6.50. The molecule has 2 aromatic carbocycles. The second kappa shape index (κ2) is 6.28. The lowest BCUT2D eigenvalue weighted by Crippen LogP contribution is -2.14. The van der Waals surface area contributed by atoms with Gasteiger partial charge in [0.1, 0.15) is 0 Å². The molecule has 0 radical (unpaired) electrons. The number of hydrogen-bond donors (Lipinski definition) is 3. The molecule has 2 rings (SSSR count).